The van der Waals surface area contributed by atoms with Gasteiger partial charge in [0.15, 0.2) is 0 Å². The fourth-order valence-corrected chi connectivity index (χ4v) is 1.64. The summed E-state index contributed by atoms with van der Waals surface area (Å²) in [6, 6.07) is 8.13. The average Bonchev–Trinajstić information content (AvgIpc) is 3.17. The Bertz CT molecular complexity index is 337. The Morgan fingerprint density at radius 3 is 2.94 bits per heavy atom. The first-order chi connectivity index (χ1) is 8.38. The van der Waals surface area contributed by atoms with Crippen molar-refractivity contribution in [1.82, 2.24) is 0 Å². The van der Waals surface area contributed by atoms with Crippen LogP contribution in [0.2, 0.25) is 0 Å². The molecule has 1 aliphatic carbocycles. The molecule has 0 atom stereocenters. The van der Waals surface area contributed by atoms with E-state index in [2.05, 4.69) is 11.4 Å². The van der Waals surface area contributed by atoms with Crippen LogP contribution in [0.5, 0.6) is 5.75 Å². The van der Waals surface area contributed by atoms with Gasteiger partial charge in [-0.3, -0.25) is 0 Å². The summed E-state index contributed by atoms with van der Waals surface area (Å²) in [4.78, 5) is 0. The van der Waals surface area contributed by atoms with E-state index in [1.54, 1.807) is 0 Å². The second-order valence-corrected chi connectivity index (χ2v) is 4.40. The van der Waals surface area contributed by atoms with Crippen molar-refractivity contribution in [3.8, 4) is 5.75 Å². The Kier molecular flexibility index (Phi) is 4.68. The molecule has 0 aromatic heterocycles. The van der Waals surface area contributed by atoms with E-state index in [1.807, 2.05) is 25.1 Å². The van der Waals surface area contributed by atoms with Crippen molar-refractivity contribution < 1.29 is 9.47 Å². The lowest BCUT2D eigenvalue weighted by molar-refractivity contribution is 0.110. The Balaban J connectivity index is 1.74. The minimum atomic E-state index is 0.611. The summed E-state index contributed by atoms with van der Waals surface area (Å²) >= 11 is 0. The third kappa shape index (κ3) is 4.65. The third-order valence-electron chi connectivity index (χ3n) is 2.83. The molecule has 0 radical (unpaired) electrons. The summed E-state index contributed by atoms with van der Waals surface area (Å²) in [7, 11) is 0. The van der Waals surface area contributed by atoms with Crippen LogP contribution in [0, 0.1) is 5.92 Å². The normalized spacial score (nSPS) is 14.6. The number of rotatable bonds is 8. The number of anilines is 1. The number of benzene rings is 1. The van der Waals surface area contributed by atoms with Crippen molar-refractivity contribution >= 4 is 5.69 Å². The van der Waals surface area contributed by atoms with E-state index >= 15 is 0 Å². The molecule has 2 rings (SSSR count). The lowest BCUT2D eigenvalue weighted by Crippen LogP contribution is -2.07. The number of hydrogen-bond acceptors (Lipinski definition) is 3. The Labute approximate surface area is 103 Å². The maximum atomic E-state index is 5.61. The highest BCUT2D eigenvalue weighted by Gasteiger charge is 2.20. The quantitative estimate of drug-likeness (QED) is 0.703. The SMILES string of the molecule is CCOCCOc1cccc(NCC2CC2)c1. The lowest BCUT2D eigenvalue weighted by atomic mass is 10.3. The second kappa shape index (κ2) is 6.50. The van der Waals surface area contributed by atoms with Crippen LogP contribution in [0.3, 0.4) is 0 Å². The van der Waals surface area contributed by atoms with Crippen LogP contribution in [0.1, 0.15) is 19.8 Å². The van der Waals surface area contributed by atoms with Crippen LogP contribution < -0.4 is 10.1 Å². The summed E-state index contributed by atoms with van der Waals surface area (Å²) in [5, 5.41) is 3.44. The first-order valence-corrected chi connectivity index (χ1v) is 6.43. The fourth-order valence-electron chi connectivity index (χ4n) is 1.64. The molecule has 1 fully saturated rings. The molecule has 0 aliphatic heterocycles. The number of hydrogen-bond donors (Lipinski definition) is 1. The minimum Gasteiger partial charge on any atom is -0.491 e. The molecule has 1 aromatic rings. The summed E-state index contributed by atoms with van der Waals surface area (Å²) in [6.45, 7) is 5.08. The van der Waals surface area contributed by atoms with Crippen LogP contribution in [0.4, 0.5) is 5.69 Å². The maximum absolute atomic E-state index is 5.61. The summed E-state index contributed by atoms with van der Waals surface area (Å²) in [5.41, 5.74) is 1.14. The monoisotopic (exact) mass is 235 g/mol. The highest BCUT2D eigenvalue weighted by molar-refractivity contribution is 5.48. The lowest BCUT2D eigenvalue weighted by Gasteiger charge is -2.09. The zero-order chi connectivity index (χ0) is 11.9. The predicted molar refractivity (Wildman–Crippen MR) is 69.6 cm³/mol. The molecular weight excluding hydrogens is 214 g/mol. The van der Waals surface area contributed by atoms with Gasteiger partial charge < -0.3 is 14.8 Å². The molecule has 3 heteroatoms. The van der Waals surface area contributed by atoms with E-state index in [4.69, 9.17) is 9.47 Å². The minimum absolute atomic E-state index is 0.611. The summed E-state index contributed by atoms with van der Waals surface area (Å²) in [6.07, 6.45) is 2.75. The van der Waals surface area contributed by atoms with Gasteiger partial charge in [0.05, 0.1) is 6.61 Å². The van der Waals surface area contributed by atoms with E-state index in [0.29, 0.717) is 13.2 Å². The van der Waals surface area contributed by atoms with E-state index in [-0.39, 0.29) is 0 Å². The molecule has 1 N–H and O–H groups in total. The Morgan fingerprint density at radius 2 is 2.18 bits per heavy atom. The first-order valence-electron chi connectivity index (χ1n) is 6.43. The molecule has 1 aromatic carbocycles. The van der Waals surface area contributed by atoms with Gasteiger partial charge in [-0.1, -0.05) is 6.07 Å². The predicted octanol–water partition coefficient (Wildman–Crippen LogP) is 2.92. The van der Waals surface area contributed by atoms with Crippen molar-refractivity contribution in [2.75, 3.05) is 31.7 Å². The van der Waals surface area contributed by atoms with Crippen molar-refractivity contribution in [3.63, 3.8) is 0 Å². The zero-order valence-corrected chi connectivity index (χ0v) is 10.4. The molecule has 0 spiro atoms. The molecule has 1 aliphatic rings. The topological polar surface area (TPSA) is 30.5 Å². The van der Waals surface area contributed by atoms with Crippen molar-refractivity contribution in [2.24, 2.45) is 5.92 Å². The molecule has 3 nitrogen and oxygen atoms in total. The zero-order valence-electron chi connectivity index (χ0n) is 10.4. The van der Waals surface area contributed by atoms with Gasteiger partial charge in [-0.15, -0.1) is 0 Å². The first kappa shape index (κ1) is 12.2. The second-order valence-electron chi connectivity index (χ2n) is 4.40. The number of ether oxygens (including phenoxy) is 2. The van der Waals surface area contributed by atoms with Crippen LogP contribution in [-0.4, -0.2) is 26.4 Å². The molecule has 0 unspecified atom stereocenters. The van der Waals surface area contributed by atoms with Crippen LogP contribution in [-0.2, 0) is 4.74 Å². The van der Waals surface area contributed by atoms with Crippen molar-refractivity contribution in [3.05, 3.63) is 24.3 Å². The van der Waals surface area contributed by atoms with Gasteiger partial charge >= 0.3 is 0 Å². The summed E-state index contributed by atoms with van der Waals surface area (Å²) < 4.78 is 10.8. The third-order valence-corrected chi connectivity index (χ3v) is 2.83. The van der Waals surface area contributed by atoms with E-state index < -0.39 is 0 Å². The van der Waals surface area contributed by atoms with Gasteiger partial charge in [0.25, 0.3) is 0 Å². The van der Waals surface area contributed by atoms with Gasteiger partial charge in [0.2, 0.25) is 0 Å². The fraction of sp³-hybridized carbons (Fsp3) is 0.571. The average molecular weight is 235 g/mol. The Morgan fingerprint density at radius 1 is 1.29 bits per heavy atom. The van der Waals surface area contributed by atoms with Gasteiger partial charge in [-0.05, 0) is 37.8 Å². The maximum Gasteiger partial charge on any atom is 0.121 e. The molecule has 17 heavy (non-hydrogen) atoms. The molecule has 0 bridgehead atoms. The highest BCUT2D eigenvalue weighted by atomic mass is 16.5. The molecule has 94 valence electrons. The largest absolute Gasteiger partial charge is 0.491 e. The van der Waals surface area contributed by atoms with E-state index in [1.165, 1.54) is 12.8 Å². The molecule has 0 heterocycles. The molecule has 0 amide bonds. The van der Waals surface area contributed by atoms with Crippen molar-refractivity contribution in [1.29, 1.82) is 0 Å². The van der Waals surface area contributed by atoms with Gasteiger partial charge in [-0.25, -0.2) is 0 Å². The highest BCUT2D eigenvalue weighted by Crippen LogP contribution is 2.29. The van der Waals surface area contributed by atoms with Gasteiger partial charge in [0, 0.05) is 24.9 Å². The molecular formula is C14H21NO2. The molecule has 0 saturated heterocycles. The van der Waals surface area contributed by atoms with E-state index in [9.17, 15) is 0 Å². The van der Waals surface area contributed by atoms with Crippen LogP contribution >= 0.6 is 0 Å². The standard InChI is InChI=1S/C14H21NO2/c1-2-16-8-9-17-14-5-3-4-13(10-14)15-11-12-6-7-12/h3-5,10,12,15H,2,6-9,11H2,1H3. The van der Waals surface area contributed by atoms with Crippen LogP contribution in [0.15, 0.2) is 24.3 Å². The smallest absolute Gasteiger partial charge is 0.121 e. The molecule has 1 saturated carbocycles. The number of nitrogens with one attached hydrogen (secondary N) is 1. The van der Waals surface area contributed by atoms with Gasteiger partial charge in [-0.2, -0.15) is 0 Å². The Hall–Kier alpha value is -1.22. The van der Waals surface area contributed by atoms with Crippen LogP contribution in [0.25, 0.3) is 0 Å². The summed E-state index contributed by atoms with van der Waals surface area (Å²) in [5.74, 6) is 1.79. The van der Waals surface area contributed by atoms with E-state index in [0.717, 1.165) is 30.5 Å². The van der Waals surface area contributed by atoms with Crippen molar-refractivity contribution in [2.45, 2.75) is 19.8 Å². The van der Waals surface area contributed by atoms with Gasteiger partial charge in [0.1, 0.15) is 12.4 Å².